The van der Waals surface area contributed by atoms with E-state index in [9.17, 15) is 9.90 Å². The van der Waals surface area contributed by atoms with E-state index in [1.54, 1.807) is 19.2 Å². The van der Waals surface area contributed by atoms with Crippen molar-refractivity contribution >= 4 is 6.29 Å². The lowest BCUT2D eigenvalue weighted by Gasteiger charge is -2.14. The van der Waals surface area contributed by atoms with E-state index < -0.39 is 0 Å². The van der Waals surface area contributed by atoms with Crippen molar-refractivity contribution in [1.82, 2.24) is 5.32 Å². The Kier molecular flexibility index (Phi) is 3.86. The Hall–Kier alpha value is -1.35. The molecule has 0 aliphatic rings. The number of likely N-dealkylation sites (N-methyl/N-ethyl adjacent to an activating group) is 1. The first-order chi connectivity index (χ1) is 7.08. The third kappa shape index (κ3) is 2.80. The second-order valence-corrected chi connectivity index (χ2v) is 3.79. The summed E-state index contributed by atoms with van der Waals surface area (Å²) < 4.78 is 0. The minimum Gasteiger partial charge on any atom is -0.508 e. The van der Waals surface area contributed by atoms with E-state index in [0.717, 1.165) is 23.0 Å². The highest BCUT2D eigenvalue weighted by Crippen LogP contribution is 2.21. The van der Waals surface area contributed by atoms with Crippen LogP contribution in [0.15, 0.2) is 12.1 Å². The largest absolute Gasteiger partial charge is 0.508 e. The van der Waals surface area contributed by atoms with Crippen LogP contribution < -0.4 is 5.32 Å². The van der Waals surface area contributed by atoms with Crippen molar-refractivity contribution < 1.29 is 9.90 Å². The van der Waals surface area contributed by atoms with Crippen molar-refractivity contribution in [2.24, 2.45) is 0 Å². The topological polar surface area (TPSA) is 49.3 Å². The smallest absolute Gasteiger partial charge is 0.137 e. The average Bonchev–Trinajstić information content (AvgIpc) is 2.17. The van der Waals surface area contributed by atoms with Gasteiger partial charge in [-0.1, -0.05) is 0 Å². The van der Waals surface area contributed by atoms with Gasteiger partial charge in [-0.2, -0.15) is 0 Å². The van der Waals surface area contributed by atoms with Gasteiger partial charge in [-0.05, 0) is 56.1 Å². The zero-order valence-corrected chi connectivity index (χ0v) is 9.37. The number of phenolic OH excluding ortho intramolecular Hbond substituents is 1. The highest BCUT2D eigenvalue weighted by molar-refractivity contribution is 5.59. The fraction of sp³-hybridized carbons (Fsp3) is 0.417. The first-order valence-electron chi connectivity index (χ1n) is 5.00. The molecular formula is C12H17NO2. The summed E-state index contributed by atoms with van der Waals surface area (Å²) >= 11 is 0. The molecule has 0 saturated heterocycles. The molecule has 0 radical (unpaired) electrons. The second kappa shape index (κ2) is 4.94. The summed E-state index contributed by atoms with van der Waals surface area (Å²) in [5, 5.41) is 12.3. The molecule has 1 aromatic carbocycles. The maximum atomic E-state index is 10.7. The monoisotopic (exact) mass is 207 g/mol. The average molecular weight is 207 g/mol. The van der Waals surface area contributed by atoms with Gasteiger partial charge in [-0.25, -0.2) is 0 Å². The van der Waals surface area contributed by atoms with Crippen molar-refractivity contribution in [3.63, 3.8) is 0 Å². The van der Waals surface area contributed by atoms with E-state index in [1.807, 2.05) is 13.8 Å². The number of aryl methyl sites for hydroxylation is 2. The molecule has 0 amide bonds. The number of carbonyl (C=O) groups excluding carboxylic acids is 1. The standard InChI is InChI=1S/C12H17NO2/c1-8-4-11(15)5-9(2)12(8)6-10(7-14)13-3/h4-5,7,10,13,15H,6H2,1-3H3. The highest BCUT2D eigenvalue weighted by Gasteiger charge is 2.10. The summed E-state index contributed by atoms with van der Waals surface area (Å²) in [6, 6.07) is 3.28. The van der Waals surface area contributed by atoms with Crippen molar-refractivity contribution in [2.45, 2.75) is 26.3 Å². The number of hydrogen-bond acceptors (Lipinski definition) is 3. The summed E-state index contributed by atoms with van der Waals surface area (Å²) in [6.07, 6.45) is 1.57. The lowest BCUT2D eigenvalue weighted by molar-refractivity contribution is -0.109. The quantitative estimate of drug-likeness (QED) is 0.732. The number of phenols is 1. The molecule has 3 heteroatoms. The first-order valence-corrected chi connectivity index (χ1v) is 5.00. The molecule has 0 aromatic heterocycles. The zero-order valence-electron chi connectivity index (χ0n) is 9.37. The Balaban J connectivity index is 2.98. The van der Waals surface area contributed by atoms with Crippen molar-refractivity contribution in [3.8, 4) is 5.75 Å². The van der Waals surface area contributed by atoms with Gasteiger partial charge >= 0.3 is 0 Å². The van der Waals surface area contributed by atoms with Crippen molar-refractivity contribution in [1.29, 1.82) is 0 Å². The summed E-state index contributed by atoms with van der Waals surface area (Å²) in [6.45, 7) is 3.89. The fourth-order valence-electron chi connectivity index (χ4n) is 1.73. The Morgan fingerprint density at radius 1 is 1.40 bits per heavy atom. The number of rotatable bonds is 4. The summed E-state index contributed by atoms with van der Waals surface area (Å²) in [5.74, 6) is 0.279. The van der Waals surface area contributed by atoms with Gasteiger partial charge < -0.3 is 15.2 Å². The number of carbonyl (C=O) groups is 1. The summed E-state index contributed by atoms with van der Waals surface area (Å²) in [5.41, 5.74) is 3.17. The van der Waals surface area contributed by atoms with E-state index in [2.05, 4.69) is 5.32 Å². The summed E-state index contributed by atoms with van der Waals surface area (Å²) in [7, 11) is 1.77. The van der Waals surface area contributed by atoms with E-state index in [-0.39, 0.29) is 11.8 Å². The van der Waals surface area contributed by atoms with Crippen molar-refractivity contribution in [3.05, 3.63) is 28.8 Å². The molecule has 1 aromatic rings. The number of aldehydes is 1. The normalized spacial score (nSPS) is 12.5. The molecule has 1 unspecified atom stereocenters. The third-order valence-corrected chi connectivity index (χ3v) is 2.64. The molecule has 15 heavy (non-hydrogen) atoms. The van der Waals surface area contributed by atoms with Crippen LogP contribution in [0, 0.1) is 13.8 Å². The molecule has 1 atom stereocenters. The molecule has 0 heterocycles. The van der Waals surface area contributed by atoms with Crippen molar-refractivity contribution in [2.75, 3.05) is 7.05 Å². The Labute approximate surface area is 90.1 Å². The lowest BCUT2D eigenvalue weighted by atomic mass is 9.96. The maximum absolute atomic E-state index is 10.7. The molecule has 0 fully saturated rings. The SMILES string of the molecule is CNC(C=O)Cc1c(C)cc(O)cc1C. The molecule has 82 valence electrons. The van der Waals surface area contributed by atoms with Gasteiger partial charge in [0.1, 0.15) is 12.0 Å². The van der Waals surface area contributed by atoms with E-state index in [0.29, 0.717) is 6.42 Å². The molecule has 0 aliphatic carbocycles. The van der Waals surface area contributed by atoms with Crippen LogP contribution in [0.1, 0.15) is 16.7 Å². The maximum Gasteiger partial charge on any atom is 0.137 e. The summed E-state index contributed by atoms with van der Waals surface area (Å²) in [4.78, 5) is 10.7. The van der Waals surface area contributed by atoms with Crippen LogP contribution in [0.25, 0.3) is 0 Å². The minimum atomic E-state index is -0.160. The zero-order chi connectivity index (χ0) is 11.4. The Morgan fingerprint density at radius 3 is 2.33 bits per heavy atom. The second-order valence-electron chi connectivity index (χ2n) is 3.79. The van der Waals surface area contributed by atoms with Gasteiger partial charge in [0.25, 0.3) is 0 Å². The van der Waals surface area contributed by atoms with Crippen LogP contribution >= 0.6 is 0 Å². The minimum absolute atomic E-state index is 0.160. The van der Waals surface area contributed by atoms with Crippen LogP contribution in [0.4, 0.5) is 0 Å². The van der Waals surface area contributed by atoms with E-state index in [1.165, 1.54) is 0 Å². The van der Waals surface area contributed by atoms with Gasteiger partial charge in [0, 0.05) is 0 Å². The first kappa shape index (κ1) is 11.7. The van der Waals surface area contributed by atoms with Crippen LogP contribution in [-0.2, 0) is 11.2 Å². The van der Waals surface area contributed by atoms with Gasteiger partial charge in [-0.3, -0.25) is 0 Å². The predicted octanol–water partition coefficient (Wildman–Crippen LogP) is 1.34. The molecule has 1 rings (SSSR count). The third-order valence-electron chi connectivity index (χ3n) is 2.64. The number of aromatic hydroxyl groups is 1. The Morgan fingerprint density at radius 2 is 1.93 bits per heavy atom. The van der Waals surface area contributed by atoms with Gasteiger partial charge in [0.15, 0.2) is 0 Å². The van der Waals surface area contributed by atoms with E-state index in [4.69, 9.17) is 0 Å². The number of nitrogens with one attached hydrogen (secondary N) is 1. The molecular weight excluding hydrogens is 190 g/mol. The molecule has 3 nitrogen and oxygen atoms in total. The number of hydrogen-bond donors (Lipinski definition) is 2. The molecule has 0 bridgehead atoms. The molecule has 0 spiro atoms. The van der Waals surface area contributed by atoms with Gasteiger partial charge in [0.2, 0.25) is 0 Å². The Bertz CT molecular complexity index is 338. The van der Waals surface area contributed by atoms with Crippen LogP contribution in [0.5, 0.6) is 5.75 Å². The van der Waals surface area contributed by atoms with Crippen LogP contribution in [-0.4, -0.2) is 24.5 Å². The number of benzene rings is 1. The van der Waals surface area contributed by atoms with Crippen LogP contribution in [0.3, 0.4) is 0 Å². The van der Waals surface area contributed by atoms with Gasteiger partial charge in [-0.15, -0.1) is 0 Å². The van der Waals surface area contributed by atoms with Crippen LogP contribution in [0.2, 0.25) is 0 Å². The fourth-order valence-corrected chi connectivity index (χ4v) is 1.73. The van der Waals surface area contributed by atoms with E-state index >= 15 is 0 Å². The molecule has 0 saturated carbocycles. The molecule has 2 N–H and O–H groups in total. The molecule has 0 aliphatic heterocycles. The van der Waals surface area contributed by atoms with Gasteiger partial charge in [0.05, 0.1) is 6.04 Å². The lowest BCUT2D eigenvalue weighted by Crippen LogP contribution is -2.29. The predicted molar refractivity (Wildman–Crippen MR) is 60.2 cm³/mol. The highest BCUT2D eigenvalue weighted by atomic mass is 16.3.